The molecule has 2 heterocycles. The lowest BCUT2D eigenvalue weighted by Gasteiger charge is -2.25. The van der Waals surface area contributed by atoms with Gasteiger partial charge in [0.15, 0.2) is 15.7 Å². The third kappa shape index (κ3) is 2.79. The van der Waals surface area contributed by atoms with Crippen LogP contribution in [0.2, 0.25) is 0 Å². The fraction of sp³-hybridized carbons (Fsp3) is 0.727. The Morgan fingerprint density at radius 3 is 2.48 bits per heavy atom. The summed E-state index contributed by atoms with van der Waals surface area (Å²) in [5.41, 5.74) is 6.15. The third-order valence-electron chi connectivity index (χ3n) is 3.80. The van der Waals surface area contributed by atoms with E-state index >= 15 is 0 Å². The van der Waals surface area contributed by atoms with Gasteiger partial charge in [0.1, 0.15) is 4.90 Å². The van der Waals surface area contributed by atoms with Gasteiger partial charge in [0.05, 0.1) is 17.2 Å². The van der Waals surface area contributed by atoms with Gasteiger partial charge in [-0.05, 0) is 13.3 Å². The van der Waals surface area contributed by atoms with Gasteiger partial charge in [0.2, 0.25) is 10.0 Å². The van der Waals surface area contributed by atoms with Gasteiger partial charge in [-0.3, -0.25) is 4.68 Å². The third-order valence-corrected chi connectivity index (χ3v) is 7.74. The van der Waals surface area contributed by atoms with Gasteiger partial charge in [0, 0.05) is 19.6 Å². The number of hydrogen-bond donors (Lipinski definition) is 1. The van der Waals surface area contributed by atoms with Crippen LogP contribution in [0.4, 0.5) is 5.82 Å². The van der Waals surface area contributed by atoms with Crippen LogP contribution in [0.3, 0.4) is 0 Å². The van der Waals surface area contributed by atoms with Gasteiger partial charge in [-0.25, -0.2) is 16.8 Å². The van der Waals surface area contributed by atoms with Crippen molar-refractivity contribution in [2.75, 3.05) is 23.8 Å². The molecule has 8 nitrogen and oxygen atoms in total. The van der Waals surface area contributed by atoms with Gasteiger partial charge in [-0.1, -0.05) is 6.92 Å². The number of nitrogens with zero attached hydrogens (tertiary/aromatic N) is 3. The summed E-state index contributed by atoms with van der Waals surface area (Å²) in [6.07, 6.45) is 0.314. The van der Waals surface area contributed by atoms with E-state index in [0.717, 1.165) is 0 Å². The maximum atomic E-state index is 12.8. The number of anilines is 1. The minimum absolute atomic E-state index is 0.0190. The van der Waals surface area contributed by atoms with E-state index in [1.54, 1.807) is 20.9 Å². The monoisotopic (exact) mass is 336 g/mol. The van der Waals surface area contributed by atoms with E-state index in [1.165, 1.54) is 8.99 Å². The predicted octanol–water partition coefficient (Wildman–Crippen LogP) is -0.492. The van der Waals surface area contributed by atoms with Crippen molar-refractivity contribution >= 4 is 25.7 Å². The average Bonchev–Trinajstić information content (AvgIpc) is 2.80. The summed E-state index contributed by atoms with van der Waals surface area (Å²) in [5.74, 6) is -0.181. The number of sulfone groups is 1. The van der Waals surface area contributed by atoms with Crippen molar-refractivity contribution in [2.24, 2.45) is 7.05 Å². The molecule has 1 aliphatic heterocycles. The summed E-state index contributed by atoms with van der Waals surface area (Å²) >= 11 is 0. The Morgan fingerprint density at radius 2 is 2.10 bits per heavy atom. The minimum Gasteiger partial charge on any atom is -0.381 e. The van der Waals surface area contributed by atoms with E-state index < -0.39 is 25.9 Å². The number of hydrogen-bond acceptors (Lipinski definition) is 6. The molecule has 1 aliphatic rings. The molecule has 0 saturated carbocycles. The van der Waals surface area contributed by atoms with Crippen LogP contribution < -0.4 is 5.73 Å². The van der Waals surface area contributed by atoms with E-state index in [0.29, 0.717) is 12.1 Å². The van der Waals surface area contributed by atoms with Crippen LogP contribution in [0.5, 0.6) is 0 Å². The van der Waals surface area contributed by atoms with E-state index in [-0.39, 0.29) is 28.8 Å². The van der Waals surface area contributed by atoms with E-state index in [9.17, 15) is 16.8 Å². The zero-order chi connectivity index (χ0) is 16.0. The summed E-state index contributed by atoms with van der Waals surface area (Å²) in [5, 5.41) is 3.92. The highest BCUT2D eigenvalue weighted by Crippen LogP contribution is 2.29. The lowest BCUT2D eigenvalue weighted by Crippen LogP contribution is -2.41. The second kappa shape index (κ2) is 5.25. The lowest BCUT2D eigenvalue weighted by atomic mass is 10.3. The molecule has 0 aliphatic carbocycles. The number of nitrogen functional groups attached to an aromatic ring is 1. The molecule has 21 heavy (non-hydrogen) atoms. The molecule has 0 bridgehead atoms. The lowest BCUT2D eigenvalue weighted by molar-refractivity contribution is 0.354. The molecule has 0 spiro atoms. The van der Waals surface area contributed by atoms with E-state index in [1.807, 2.05) is 0 Å². The molecule has 2 N–H and O–H groups in total. The first kappa shape index (κ1) is 16.2. The smallest absolute Gasteiger partial charge is 0.248 e. The summed E-state index contributed by atoms with van der Waals surface area (Å²) in [6.45, 7) is 3.50. The molecule has 120 valence electrons. The number of aromatic nitrogens is 2. The average molecular weight is 336 g/mol. The summed E-state index contributed by atoms with van der Waals surface area (Å²) < 4.78 is 51.5. The van der Waals surface area contributed by atoms with Gasteiger partial charge in [-0.15, -0.1) is 0 Å². The Morgan fingerprint density at radius 1 is 1.48 bits per heavy atom. The molecule has 1 aromatic rings. The zero-order valence-electron chi connectivity index (χ0n) is 12.3. The normalized spacial score (nSPS) is 22.0. The maximum absolute atomic E-state index is 12.8. The van der Waals surface area contributed by atoms with Gasteiger partial charge in [-0.2, -0.15) is 9.40 Å². The van der Waals surface area contributed by atoms with Crippen LogP contribution >= 0.6 is 0 Å². The highest BCUT2D eigenvalue weighted by Gasteiger charge is 2.40. The van der Waals surface area contributed by atoms with Crippen molar-refractivity contribution < 1.29 is 16.8 Å². The van der Waals surface area contributed by atoms with Crippen molar-refractivity contribution in [1.29, 1.82) is 0 Å². The Kier molecular flexibility index (Phi) is 4.06. The molecule has 1 fully saturated rings. The number of aryl methyl sites for hydroxylation is 1. The SMILES string of the molecule is CCN(C1CCS(=O)(=O)C1)S(=O)(=O)c1c(N)nn(C)c1C. The molecule has 0 radical (unpaired) electrons. The molecular weight excluding hydrogens is 316 g/mol. The molecule has 10 heteroatoms. The van der Waals surface area contributed by atoms with Crippen LogP contribution in [0.25, 0.3) is 0 Å². The Labute approximate surface area is 124 Å². The van der Waals surface area contributed by atoms with Crippen molar-refractivity contribution in [2.45, 2.75) is 31.2 Å². The van der Waals surface area contributed by atoms with Gasteiger partial charge < -0.3 is 5.73 Å². The molecule has 0 amide bonds. The predicted molar refractivity (Wildman–Crippen MR) is 79.0 cm³/mol. The van der Waals surface area contributed by atoms with Crippen LogP contribution in [0.15, 0.2) is 4.90 Å². The minimum atomic E-state index is -3.86. The Balaban J connectivity index is 2.46. The fourth-order valence-electron chi connectivity index (χ4n) is 2.68. The fourth-order valence-corrected chi connectivity index (χ4v) is 6.46. The standard InChI is InChI=1S/C11H20N4O4S2/c1-4-15(9-5-6-20(16,17)7-9)21(18,19)10-8(2)14(3)13-11(10)12/h9H,4-7H2,1-3H3,(H2,12,13). The topological polar surface area (TPSA) is 115 Å². The molecule has 0 aromatic carbocycles. The van der Waals surface area contributed by atoms with Gasteiger partial charge in [0.25, 0.3) is 0 Å². The highest BCUT2D eigenvalue weighted by molar-refractivity contribution is 7.92. The molecule has 2 rings (SSSR count). The zero-order valence-corrected chi connectivity index (χ0v) is 13.9. The first-order valence-corrected chi connectivity index (χ1v) is 9.87. The van der Waals surface area contributed by atoms with Crippen LogP contribution in [0, 0.1) is 6.92 Å². The quantitative estimate of drug-likeness (QED) is 0.793. The van der Waals surface area contributed by atoms with Crippen molar-refractivity contribution in [1.82, 2.24) is 14.1 Å². The first-order valence-electron chi connectivity index (χ1n) is 6.61. The number of nitrogens with two attached hydrogens (primary N) is 1. The summed E-state index contributed by atoms with van der Waals surface area (Å²) in [7, 11) is -5.42. The second-order valence-electron chi connectivity index (χ2n) is 5.19. The summed E-state index contributed by atoms with van der Waals surface area (Å²) in [6, 6.07) is -0.538. The van der Waals surface area contributed by atoms with Crippen molar-refractivity contribution in [3.63, 3.8) is 0 Å². The molecule has 1 aromatic heterocycles. The van der Waals surface area contributed by atoms with Crippen LogP contribution in [0.1, 0.15) is 19.0 Å². The molecule has 1 atom stereocenters. The van der Waals surface area contributed by atoms with Gasteiger partial charge >= 0.3 is 0 Å². The molecular formula is C11H20N4O4S2. The summed E-state index contributed by atoms with van der Waals surface area (Å²) in [4.78, 5) is -0.0313. The largest absolute Gasteiger partial charge is 0.381 e. The highest BCUT2D eigenvalue weighted by atomic mass is 32.2. The Hall–Kier alpha value is -1.13. The van der Waals surface area contributed by atoms with Crippen LogP contribution in [-0.4, -0.2) is 55.0 Å². The molecule has 1 saturated heterocycles. The molecule has 1 unspecified atom stereocenters. The van der Waals surface area contributed by atoms with Crippen molar-refractivity contribution in [3.8, 4) is 0 Å². The maximum Gasteiger partial charge on any atom is 0.248 e. The van der Waals surface area contributed by atoms with Crippen LogP contribution in [-0.2, 0) is 26.9 Å². The van der Waals surface area contributed by atoms with E-state index in [2.05, 4.69) is 5.10 Å². The first-order chi connectivity index (χ1) is 9.60. The van der Waals surface area contributed by atoms with Crippen molar-refractivity contribution in [3.05, 3.63) is 5.69 Å². The van der Waals surface area contributed by atoms with E-state index in [4.69, 9.17) is 5.73 Å². The second-order valence-corrected chi connectivity index (χ2v) is 9.24. The number of rotatable bonds is 4. The number of sulfonamides is 1. The Bertz CT molecular complexity index is 751.